The summed E-state index contributed by atoms with van der Waals surface area (Å²) in [5, 5.41) is 0. The van der Waals surface area contributed by atoms with E-state index in [9.17, 15) is 22.8 Å². The van der Waals surface area contributed by atoms with Crippen LogP contribution < -0.4 is 0 Å². The lowest BCUT2D eigenvalue weighted by molar-refractivity contribution is 0.0544. The van der Waals surface area contributed by atoms with Crippen LogP contribution >= 0.6 is 0 Å². The highest BCUT2D eigenvalue weighted by atomic mass is 19.2. The van der Waals surface area contributed by atoms with Crippen molar-refractivity contribution < 1.29 is 32.2 Å². The van der Waals surface area contributed by atoms with E-state index in [0.29, 0.717) is 0 Å². The predicted octanol–water partition coefficient (Wildman–Crippen LogP) is 1.74. The number of esters is 2. The Labute approximate surface area is 119 Å². The van der Waals surface area contributed by atoms with E-state index in [2.05, 4.69) is 9.47 Å². The lowest BCUT2D eigenvalue weighted by Crippen LogP contribution is -2.22. The Balaban J connectivity index is 3.74. The van der Waals surface area contributed by atoms with Crippen molar-refractivity contribution in [2.24, 2.45) is 0 Å². The quantitative estimate of drug-likeness (QED) is 0.626. The molecule has 8 heteroatoms. The highest BCUT2D eigenvalue weighted by Crippen LogP contribution is 2.27. The van der Waals surface area contributed by atoms with E-state index >= 15 is 0 Å². The van der Waals surface area contributed by atoms with Gasteiger partial charge in [-0.2, -0.15) is 0 Å². The fourth-order valence-electron chi connectivity index (χ4n) is 1.75. The van der Waals surface area contributed by atoms with E-state index in [1.54, 1.807) is 0 Å². The van der Waals surface area contributed by atoms with Gasteiger partial charge in [0, 0.05) is 12.1 Å². The SMILES string of the molecule is COC(=O)c1c(F)c(F)c(CN(C)C)c(F)c1C(=O)OC. The van der Waals surface area contributed by atoms with Gasteiger partial charge in [0.1, 0.15) is 16.9 Å². The zero-order valence-corrected chi connectivity index (χ0v) is 11.9. The second-order valence-corrected chi connectivity index (χ2v) is 4.39. The van der Waals surface area contributed by atoms with Gasteiger partial charge in [-0.15, -0.1) is 0 Å². The number of carbonyl (C=O) groups excluding carboxylic acids is 2. The largest absolute Gasteiger partial charge is 0.465 e. The van der Waals surface area contributed by atoms with Crippen LogP contribution in [-0.2, 0) is 16.0 Å². The lowest BCUT2D eigenvalue weighted by atomic mass is 10.0. The molecule has 0 saturated carbocycles. The molecule has 0 radical (unpaired) electrons. The van der Waals surface area contributed by atoms with Crippen LogP contribution in [-0.4, -0.2) is 45.2 Å². The molecular formula is C13H14F3NO4. The van der Waals surface area contributed by atoms with Gasteiger partial charge >= 0.3 is 11.9 Å². The Hall–Kier alpha value is -2.09. The number of nitrogens with zero attached hydrogens (tertiary/aromatic N) is 1. The van der Waals surface area contributed by atoms with Crippen LogP contribution in [0.2, 0.25) is 0 Å². The smallest absolute Gasteiger partial charge is 0.341 e. The third-order valence-corrected chi connectivity index (χ3v) is 2.66. The van der Waals surface area contributed by atoms with E-state index < -0.39 is 46.1 Å². The lowest BCUT2D eigenvalue weighted by Gasteiger charge is -2.16. The second-order valence-electron chi connectivity index (χ2n) is 4.39. The minimum absolute atomic E-state index is 0.306. The maximum atomic E-state index is 14.3. The van der Waals surface area contributed by atoms with Crippen LogP contribution in [0.25, 0.3) is 0 Å². The highest BCUT2D eigenvalue weighted by Gasteiger charge is 2.33. The number of halogens is 3. The summed E-state index contributed by atoms with van der Waals surface area (Å²) < 4.78 is 50.8. The van der Waals surface area contributed by atoms with Gasteiger partial charge in [0.15, 0.2) is 11.6 Å². The van der Waals surface area contributed by atoms with Gasteiger partial charge in [-0.1, -0.05) is 0 Å². The van der Waals surface area contributed by atoms with E-state index in [4.69, 9.17) is 0 Å². The molecule has 0 heterocycles. The minimum atomic E-state index is -1.65. The van der Waals surface area contributed by atoms with Crippen molar-refractivity contribution in [3.05, 3.63) is 34.1 Å². The molecule has 116 valence electrons. The molecule has 0 aliphatic heterocycles. The Morgan fingerprint density at radius 3 is 1.71 bits per heavy atom. The first-order chi connectivity index (χ1) is 9.76. The summed E-state index contributed by atoms with van der Waals surface area (Å²) in [6, 6.07) is 0. The number of rotatable bonds is 4. The third kappa shape index (κ3) is 3.15. The van der Waals surface area contributed by atoms with Crippen molar-refractivity contribution in [3.63, 3.8) is 0 Å². The number of methoxy groups -OCH3 is 2. The molecule has 0 aliphatic carbocycles. The van der Waals surface area contributed by atoms with Crippen molar-refractivity contribution in [1.82, 2.24) is 4.90 Å². The van der Waals surface area contributed by atoms with Crippen LogP contribution in [0.1, 0.15) is 26.3 Å². The summed E-state index contributed by atoms with van der Waals surface area (Å²) in [5.41, 5.74) is -2.78. The normalized spacial score (nSPS) is 10.7. The zero-order chi connectivity index (χ0) is 16.3. The molecule has 0 N–H and O–H groups in total. The maximum absolute atomic E-state index is 14.3. The fourth-order valence-corrected chi connectivity index (χ4v) is 1.75. The van der Waals surface area contributed by atoms with Crippen molar-refractivity contribution in [2.45, 2.75) is 6.54 Å². The molecule has 0 unspecified atom stereocenters. The summed E-state index contributed by atoms with van der Waals surface area (Å²) in [5.74, 6) is -7.22. The van der Waals surface area contributed by atoms with E-state index in [1.807, 2.05) is 0 Å². The average Bonchev–Trinajstić information content (AvgIpc) is 2.45. The first-order valence-electron chi connectivity index (χ1n) is 5.76. The molecule has 0 amide bonds. The van der Waals surface area contributed by atoms with Crippen molar-refractivity contribution in [2.75, 3.05) is 28.3 Å². The number of benzene rings is 1. The molecule has 0 saturated heterocycles. The summed E-state index contributed by atoms with van der Waals surface area (Å²) in [4.78, 5) is 24.5. The molecule has 5 nitrogen and oxygen atoms in total. The number of hydrogen-bond donors (Lipinski definition) is 0. The Bertz CT molecular complexity index is 588. The summed E-state index contributed by atoms with van der Waals surface area (Å²) in [7, 11) is 4.83. The van der Waals surface area contributed by atoms with Gasteiger partial charge in [-0.3, -0.25) is 0 Å². The van der Waals surface area contributed by atoms with Crippen LogP contribution in [0.5, 0.6) is 0 Å². The Morgan fingerprint density at radius 1 is 0.905 bits per heavy atom. The standard InChI is InChI=1S/C13H14F3NO4/c1-17(2)5-6-9(14)7(12(18)20-3)8(13(19)21-4)11(16)10(6)15/h5H2,1-4H3. The minimum Gasteiger partial charge on any atom is -0.465 e. The Kier molecular flexibility index (Phi) is 5.31. The van der Waals surface area contributed by atoms with Crippen molar-refractivity contribution in [3.8, 4) is 0 Å². The van der Waals surface area contributed by atoms with E-state index in [-0.39, 0.29) is 6.54 Å². The summed E-state index contributed by atoms with van der Waals surface area (Å²) in [6.45, 7) is -0.306. The number of carbonyl (C=O) groups is 2. The maximum Gasteiger partial charge on any atom is 0.341 e. The van der Waals surface area contributed by atoms with Gasteiger partial charge < -0.3 is 14.4 Å². The molecule has 1 aromatic rings. The topological polar surface area (TPSA) is 55.8 Å². The molecular weight excluding hydrogens is 291 g/mol. The molecule has 0 bridgehead atoms. The molecule has 0 fully saturated rings. The van der Waals surface area contributed by atoms with Gasteiger partial charge in [0.2, 0.25) is 0 Å². The first-order valence-corrected chi connectivity index (χ1v) is 5.76. The van der Waals surface area contributed by atoms with Crippen LogP contribution in [0, 0.1) is 17.5 Å². The van der Waals surface area contributed by atoms with Gasteiger partial charge in [-0.25, -0.2) is 22.8 Å². The highest BCUT2D eigenvalue weighted by molar-refractivity contribution is 6.03. The van der Waals surface area contributed by atoms with Crippen molar-refractivity contribution in [1.29, 1.82) is 0 Å². The van der Waals surface area contributed by atoms with E-state index in [0.717, 1.165) is 14.2 Å². The summed E-state index contributed by atoms with van der Waals surface area (Å²) >= 11 is 0. The van der Waals surface area contributed by atoms with Crippen LogP contribution in [0.3, 0.4) is 0 Å². The molecule has 0 aromatic heterocycles. The fraction of sp³-hybridized carbons (Fsp3) is 0.385. The monoisotopic (exact) mass is 305 g/mol. The molecule has 21 heavy (non-hydrogen) atoms. The first kappa shape index (κ1) is 17.0. The van der Waals surface area contributed by atoms with E-state index in [1.165, 1.54) is 19.0 Å². The number of ether oxygens (including phenoxy) is 2. The van der Waals surface area contributed by atoms with Gasteiger partial charge in [-0.05, 0) is 14.1 Å². The van der Waals surface area contributed by atoms with Crippen LogP contribution in [0.4, 0.5) is 13.2 Å². The van der Waals surface area contributed by atoms with Crippen LogP contribution in [0.15, 0.2) is 0 Å². The second kappa shape index (κ2) is 6.57. The number of hydrogen-bond acceptors (Lipinski definition) is 5. The molecule has 0 atom stereocenters. The molecule has 1 aromatic carbocycles. The Morgan fingerprint density at radius 2 is 1.33 bits per heavy atom. The summed E-state index contributed by atoms with van der Waals surface area (Å²) in [6.07, 6.45) is 0. The predicted molar refractivity (Wildman–Crippen MR) is 66.4 cm³/mol. The zero-order valence-electron chi connectivity index (χ0n) is 11.9. The van der Waals surface area contributed by atoms with Gasteiger partial charge in [0.05, 0.1) is 14.2 Å². The molecule has 0 aliphatic rings. The molecule has 1 rings (SSSR count). The third-order valence-electron chi connectivity index (χ3n) is 2.66. The van der Waals surface area contributed by atoms with Crippen molar-refractivity contribution >= 4 is 11.9 Å². The van der Waals surface area contributed by atoms with Gasteiger partial charge in [0.25, 0.3) is 0 Å². The average molecular weight is 305 g/mol. The molecule has 0 spiro atoms.